The molecule has 0 aromatic heterocycles. The molecule has 19 heavy (non-hydrogen) atoms. The fourth-order valence-corrected chi connectivity index (χ4v) is 2.17. The number of aliphatic carboxylic acids is 1. The highest BCUT2D eigenvalue weighted by Gasteiger charge is 2.38. The standard InChI is InChI=1S/C13H22FNO4/c1-12(2,3)19-11(18)15-6-4-13(9-14,5-7-15)8-10(16)17/h4-9H2,1-3H3,(H,16,17). The van der Waals surface area contributed by atoms with Gasteiger partial charge in [-0.15, -0.1) is 0 Å². The van der Waals surface area contributed by atoms with Crippen LogP contribution in [0.5, 0.6) is 0 Å². The van der Waals surface area contributed by atoms with Crippen molar-refractivity contribution in [3.63, 3.8) is 0 Å². The second kappa shape index (κ2) is 5.75. The smallest absolute Gasteiger partial charge is 0.410 e. The number of carbonyl (C=O) groups is 2. The van der Waals surface area contributed by atoms with Gasteiger partial charge >= 0.3 is 12.1 Å². The van der Waals surface area contributed by atoms with E-state index in [0.717, 1.165) is 0 Å². The molecule has 110 valence electrons. The monoisotopic (exact) mass is 275 g/mol. The molecule has 1 amide bonds. The first-order chi connectivity index (χ1) is 8.67. The van der Waals surface area contributed by atoms with Gasteiger partial charge in [-0.1, -0.05) is 0 Å². The summed E-state index contributed by atoms with van der Waals surface area (Å²) < 4.78 is 18.3. The average molecular weight is 275 g/mol. The van der Waals surface area contributed by atoms with Crippen molar-refractivity contribution in [1.82, 2.24) is 4.90 Å². The summed E-state index contributed by atoms with van der Waals surface area (Å²) in [4.78, 5) is 24.1. The molecule has 0 aromatic carbocycles. The lowest BCUT2D eigenvalue weighted by atomic mass is 9.77. The Morgan fingerprint density at radius 2 is 1.84 bits per heavy atom. The maximum Gasteiger partial charge on any atom is 0.410 e. The Balaban J connectivity index is 2.56. The quantitative estimate of drug-likeness (QED) is 0.859. The summed E-state index contributed by atoms with van der Waals surface area (Å²) in [5.41, 5.74) is -1.39. The maximum absolute atomic E-state index is 13.1. The van der Waals surface area contributed by atoms with Gasteiger partial charge in [0.15, 0.2) is 0 Å². The zero-order chi connectivity index (χ0) is 14.7. The van der Waals surface area contributed by atoms with Crippen molar-refractivity contribution in [2.24, 2.45) is 5.41 Å². The molecule has 0 radical (unpaired) electrons. The lowest BCUT2D eigenvalue weighted by molar-refractivity contribution is -0.141. The Kier molecular flexibility index (Phi) is 4.76. The first kappa shape index (κ1) is 15.7. The molecule has 0 aromatic rings. The molecule has 1 fully saturated rings. The minimum atomic E-state index is -0.997. The molecular formula is C13H22FNO4. The van der Waals surface area contributed by atoms with Crippen LogP contribution in [0, 0.1) is 5.41 Å². The molecule has 6 heteroatoms. The van der Waals surface area contributed by atoms with E-state index in [1.165, 1.54) is 4.90 Å². The van der Waals surface area contributed by atoms with Crippen LogP contribution in [0.1, 0.15) is 40.0 Å². The Morgan fingerprint density at radius 1 is 1.32 bits per heavy atom. The van der Waals surface area contributed by atoms with Crippen LogP contribution in [-0.2, 0) is 9.53 Å². The molecule has 1 saturated heterocycles. The third-order valence-corrected chi connectivity index (χ3v) is 3.29. The highest BCUT2D eigenvalue weighted by atomic mass is 19.1. The van der Waals surface area contributed by atoms with E-state index in [0.29, 0.717) is 25.9 Å². The second-order valence-electron chi connectivity index (χ2n) is 6.17. The molecule has 5 nitrogen and oxygen atoms in total. The van der Waals surface area contributed by atoms with E-state index in [2.05, 4.69) is 0 Å². The van der Waals surface area contributed by atoms with Gasteiger partial charge in [0.05, 0.1) is 13.1 Å². The largest absolute Gasteiger partial charge is 0.481 e. The number of carboxylic acid groups (broad SMARTS) is 1. The number of alkyl halides is 1. The number of amides is 1. The Hall–Kier alpha value is -1.33. The topological polar surface area (TPSA) is 66.8 Å². The van der Waals surface area contributed by atoms with E-state index in [1.54, 1.807) is 20.8 Å². The van der Waals surface area contributed by atoms with Crippen molar-refractivity contribution in [2.45, 2.75) is 45.6 Å². The molecule has 1 heterocycles. The number of hydrogen-bond donors (Lipinski definition) is 1. The maximum atomic E-state index is 13.1. The summed E-state index contributed by atoms with van der Waals surface area (Å²) >= 11 is 0. The number of carbonyl (C=O) groups excluding carboxylic acids is 1. The molecule has 0 aliphatic carbocycles. The Labute approximate surface area is 112 Å². The lowest BCUT2D eigenvalue weighted by Crippen LogP contribution is -2.46. The van der Waals surface area contributed by atoms with Gasteiger partial charge in [-0.25, -0.2) is 4.79 Å². The summed E-state index contributed by atoms with van der Waals surface area (Å²) in [7, 11) is 0. The summed E-state index contributed by atoms with van der Waals surface area (Å²) in [5.74, 6) is -0.997. The van der Waals surface area contributed by atoms with E-state index in [9.17, 15) is 14.0 Å². The fraction of sp³-hybridized carbons (Fsp3) is 0.846. The van der Waals surface area contributed by atoms with E-state index < -0.39 is 29.8 Å². The first-order valence-electron chi connectivity index (χ1n) is 6.43. The Bertz CT molecular complexity index is 343. The van der Waals surface area contributed by atoms with Gasteiger partial charge in [-0.2, -0.15) is 0 Å². The average Bonchev–Trinajstić information content (AvgIpc) is 2.26. The van der Waals surface area contributed by atoms with Crippen LogP contribution in [-0.4, -0.2) is 47.4 Å². The minimum Gasteiger partial charge on any atom is -0.481 e. The summed E-state index contributed by atoms with van der Waals surface area (Å²) in [5, 5.41) is 8.82. The number of piperidine rings is 1. The van der Waals surface area contributed by atoms with E-state index in [4.69, 9.17) is 9.84 Å². The predicted molar refractivity (Wildman–Crippen MR) is 67.7 cm³/mol. The summed E-state index contributed by atoms with van der Waals surface area (Å²) in [6.07, 6.45) is 0.103. The fourth-order valence-electron chi connectivity index (χ4n) is 2.17. The van der Waals surface area contributed by atoms with Crippen LogP contribution in [0.3, 0.4) is 0 Å². The van der Waals surface area contributed by atoms with Gasteiger partial charge in [0.2, 0.25) is 0 Å². The predicted octanol–water partition coefficient (Wildman–Crippen LogP) is 2.45. The van der Waals surface area contributed by atoms with Crippen molar-refractivity contribution >= 4 is 12.1 Å². The molecule has 1 rings (SSSR count). The number of carboxylic acids is 1. The van der Waals surface area contributed by atoms with Gasteiger partial charge < -0.3 is 14.7 Å². The van der Waals surface area contributed by atoms with Gasteiger partial charge in [-0.3, -0.25) is 9.18 Å². The van der Waals surface area contributed by atoms with E-state index in [1.807, 2.05) is 0 Å². The highest BCUT2D eigenvalue weighted by Crippen LogP contribution is 2.35. The molecule has 0 bridgehead atoms. The molecule has 0 unspecified atom stereocenters. The van der Waals surface area contributed by atoms with Crippen LogP contribution in [0.15, 0.2) is 0 Å². The van der Waals surface area contributed by atoms with Crippen molar-refractivity contribution in [1.29, 1.82) is 0 Å². The normalized spacial score (nSPS) is 19.1. The number of halogens is 1. The third-order valence-electron chi connectivity index (χ3n) is 3.29. The van der Waals surface area contributed by atoms with E-state index in [-0.39, 0.29) is 6.42 Å². The molecule has 1 N–H and O–H groups in total. The van der Waals surface area contributed by atoms with Crippen molar-refractivity contribution in [3.05, 3.63) is 0 Å². The van der Waals surface area contributed by atoms with Gasteiger partial charge in [-0.05, 0) is 33.6 Å². The van der Waals surface area contributed by atoms with Crippen LogP contribution in [0.25, 0.3) is 0 Å². The first-order valence-corrected chi connectivity index (χ1v) is 6.43. The number of nitrogens with zero attached hydrogens (tertiary/aromatic N) is 1. The van der Waals surface area contributed by atoms with Crippen molar-refractivity contribution in [2.75, 3.05) is 19.8 Å². The number of hydrogen-bond acceptors (Lipinski definition) is 3. The number of rotatable bonds is 3. The molecular weight excluding hydrogens is 253 g/mol. The van der Waals surface area contributed by atoms with Gasteiger partial charge in [0, 0.05) is 18.5 Å². The minimum absolute atomic E-state index is 0.189. The van der Waals surface area contributed by atoms with Crippen LogP contribution < -0.4 is 0 Å². The number of ether oxygens (including phenoxy) is 1. The van der Waals surface area contributed by atoms with Crippen molar-refractivity contribution < 1.29 is 23.8 Å². The second-order valence-corrected chi connectivity index (χ2v) is 6.17. The number of likely N-dealkylation sites (tertiary alicyclic amines) is 1. The summed E-state index contributed by atoms with van der Waals surface area (Å²) in [6.45, 7) is 5.36. The third kappa shape index (κ3) is 4.69. The highest BCUT2D eigenvalue weighted by molar-refractivity contribution is 5.69. The molecule has 0 atom stereocenters. The summed E-state index contributed by atoms with van der Waals surface area (Å²) in [6, 6.07) is 0. The van der Waals surface area contributed by atoms with E-state index >= 15 is 0 Å². The molecule has 0 saturated carbocycles. The van der Waals surface area contributed by atoms with Crippen LogP contribution >= 0.6 is 0 Å². The van der Waals surface area contributed by atoms with Crippen LogP contribution in [0.4, 0.5) is 9.18 Å². The Morgan fingerprint density at radius 3 is 2.21 bits per heavy atom. The van der Waals surface area contributed by atoms with Crippen molar-refractivity contribution in [3.8, 4) is 0 Å². The molecule has 1 aliphatic heterocycles. The molecule has 0 spiro atoms. The van der Waals surface area contributed by atoms with Gasteiger partial charge in [0.1, 0.15) is 5.60 Å². The zero-order valence-electron chi connectivity index (χ0n) is 11.7. The van der Waals surface area contributed by atoms with Crippen LogP contribution in [0.2, 0.25) is 0 Å². The SMILES string of the molecule is CC(C)(C)OC(=O)N1CCC(CF)(CC(=O)O)CC1. The van der Waals surface area contributed by atoms with Gasteiger partial charge in [0.25, 0.3) is 0 Å². The lowest BCUT2D eigenvalue weighted by Gasteiger charge is -2.39. The molecule has 1 aliphatic rings. The zero-order valence-corrected chi connectivity index (χ0v) is 11.7.